The highest BCUT2D eigenvalue weighted by molar-refractivity contribution is 9.09. The monoisotopic (exact) mass is 274 g/mol. The summed E-state index contributed by atoms with van der Waals surface area (Å²) in [6.45, 7) is 0. The first kappa shape index (κ1) is 10.2. The van der Waals surface area contributed by atoms with Crippen LogP contribution in [0.5, 0.6) is 0 Å². The Morgan fingerprint density at radius 2 is 2.21 bits per heavy atom. The molecule has 0 aromatic heterocycles. The van der Waals surface area contributed by atoms with E-state index in [1.807, 2.05) is 0 Å². The number of thioether (sulfide) groups is 1. The fourth-order valence-electron chi connectivity index (χ4n) is 1.46. The van der Waals surface area contributed by atoms with Crippen molar-refractivity contribution in [2.24, 2.45) is 0 Å². The van der Waals surface area contributed by atoms with Gasteiger partial charge in [0.05, 0.1) is 0 Å². The summed E-state index contributed by atoms with van der Waals surface area (Å²) in [5.74, 6) is -0.238. The van der Waals surface area contributed by atoms with Crippen molar-refractivity contribution in [3.8, 4) is 0 Å². The van der Waals surface area contributed by atoms with Crippen LogP contribution in [-0.4, -0.2) is 9.94 Å². The Morgan fingerprint density at radius 1 is 1.43 bits per heavy atom. The summed E-state index contributed by atoms with van der Waals surface area (Å²) in [7, 11) is 0. The number of hydrogen-bond acceptors (Lipinski definition) is 2. The summed E-state index contributed by atoms with van der Waals surface area (Å²) in [4.78, 5) is 12.4. The summed E-state index contributed by atoms with van der Waals surface area (Å²) in [5.41, 5.74) is 0.919. The zero-order valence-corrected chi connectivity index (χ0v) is 9.70. The molecule has 1 heterocycles. The molecule has 0 N–H and O–H groups in total. The molecule has 1 aromatic rings. The molecule has 0 bridgehead atoms. The quantitative estimate of drug-likeness (QED) is 0.676. The van der Waals surface area contributed by atoms with Crippen LogP contribution in [0.15, 0.2) is 23.1 Å². The second-order valence-corrected chi connectivity index (χ2v) is 5.63. The second kappa shape index (κ2) is 4.03. The molecular formula is C10H8BrFOS. The number of alkyl halides is 1. The summed E-state index contributed by atoms with van der Waals surface area (Å²) in [6, 6.07) is 4.58. The average molecular weight is 275 g/mol. The van der Waals surface area contributed by atoms with Crippen molar-refractivity contribution < 1.29 is 9.18 Å². The van der Waals surface area contributed by atoms with E-state index in [4.69, 9.17) is 0 Å². The predicted molar refractivity (Wildman–Crippen MR) is 58.3 cm³/mol. The van der Waals surface area contributed by atoms with Gasteiger partial charge < -0.3 is 0 Å². The Bertz CT molecular complexity index is 380. The van der Waals surface area contributed by atoms with Crippen molar-refractivity contribution in [2.45, 2.75) is 22.6 Å². The lowest BCUT2D eigenvalue weighted by atomic mass is 10.1. The second-order valence-electron chi connectivity index (χ2n) is 3.23. The number of carbonyl (C=O) groups excluding carboxylic acids is 1. The van der Waals surface area contributed by atoms with Gasteiger partial charge in [0.2, 0.25) is 0 Å². The summed E-state index contributed by atoms with van der Waals surface area (Å²) >= 11 is 4.63. The SMILES string of the molecule is O=C1CC(Br)Cc2cc(F)ccc2S1. The molecule has 0 radical (unpaired) electrons. The first-order valence-electron chi connectivity index (χ1n) is 4.28. The van der Waals surface area contributed by atoms with E-state index in [0.717, 1.165) is 10.5 Å². The minimum atomic E-state index is -0.238. The average Bonchev–Trinajstić information content (AvgIpc) is 2.21. The molecule has 14 heavy (non-hydrogen) atoms. The van der Waals surface area contributed by atoms with Crippen LogP contribution in [0.4, 0.5) is 4.39 Å². The van der Waals surface area contributed by atoms with Crippen LogP contribution in [0.2, 0.25) is 0 Å². The lowest BCUT2D eigenvalue weighted by Gasteiger charge is -2.05. The maximum atomic E-state index is 12.9. The predicted octanol–water partition coefficient (Wildman–Crippen LogP) is 3.15. The van der Waals surface area contributed by atoms with Crippen molar-refractivity contribution in [1.29, 1.82) is 0 Å². The van der Waals surface area contributed by atoms with Crippen molar-refractivity contribution in [3.05, 3.63) is 29.6 Å². The molecule has 0 spiro atoms. The highest BCUT2D eigenvalue weighted by atomic mass is 79.9. The molecule has 0 aliphatic carbocycles. The molecule has 4 heteroatoms. The molecule has 1 unspecified atom stereocenters. The maximum absolute atomic E-state index is 12.9. The van der Waals surface area contributed by atoms with Gasteiger partial charge in [-0.1, -0.05) is 27.7 Å². The molecule has 0 fully saturated rings. The van der Waals surface area contributed by atoms with Crippen LogP contribution < -0.4 is 0 Å². The normalized spacial score (nSPS) is 21.6. The maximum Gasteiger partial charge on any atom is 0.194 e. The molecular weight excluding hydrogens is 267 g/mol. The molecule has 74 valence electrons. The smallest absolute Gasteiger partial charge is 0.194 e. The minimum absolute atomic E-state index is 0.130. The number of hydrogen-bond donors (Lipinski definition) is 0. The van der Waals surface area contributed by atoms with Gasteiger partial charge >= 0.3 is 0 Å². The van der Waals surface area contributed by atoms with E-state index < -0.39 is 0 Å². The van der Waals surface area contributed by atoms with Crippen molar-refractivity contribution in [3.63, 3.8) is 0 Å². The van der Waals surface area contributed by atoms with Gasteiger partial charge in [-0.15, -0.1) is 0 Å². The number of rotatable bonds is 0. The third kappa shape index (κ3) is 2.17. The number of halogens is 2. The number of carbonyl (C=O) groups is 1. The third-order valence-electron chi connectivity index (χ3n) is 2.08. The van der Waals surface area contributed by atoms with Gasteiger partial charge in [-0.3, -0.25) is 4.79 Å². The van der Waals surface area contributed by atoms with Crippen molar-refractivity contribution in [1.82, 2.24) is 0 Å². The molecule has 1 nitrogen and oxygen atoms in total. The van der Waals surface area contributed by atoms with Crippen LogP contribution in [-0.2, 0) is 11.2 Å². The highest BCUT2D eigenvalue weighted by Gasteiger charge is 2.20. The minimum Gasteiger partial charge on any atom is -0.287 e. The van der Waals surface area contributed by atoms with Gasteiger partial charge in [-0.25, -0.2) is 4.39 Å². The molecule has 0 amide bonds. The van der Waals surface area contributed by atoms with Crippen LogP contribution in [0.25, 0.3) is 0 Å². The van der Waals surface area contributed by atoms with E-state index in [1.165, 1.54) is 23.9 Å². The van der Waals surface area contributed by atoms with Gasteiger partial charge in [0.25, 0.3) is 0 Å². The fourth-order valence-corrected chi connectivity index (χ4v) is 3.26. The van der Waals surface area contributed by atoms with Crippen molar-refractivity contribution >= 4 is 32.8 Å². The third-order valence-corrected chi connectivity index (χ3v) is 3.74. The molecule has 1 aliphatic rings. The zero-order valence-electron chi connectivity index (χ0n) is 7.30. The summed E-state index contributed by atoms with van der Waals surface area (Å²) in [6.07, 6.45) is 1.22. The Balaban J connectivity index is 2.41. The van der Waals surface area contributed by atoms with E-state index in [9.17, 15) is 9.18 Å². The Labute approximate surface area is 94.2 Å². The summed E-state index contributed by atoms with van der Waals surface area (Å²) in [5, 5.41) is 0.136. The lowest BCUT2D eigenvalue weighted by Crippen LogP contribution is -2.04. The Hall–Kier alpha value is -0.350. The van der Waals surface area contributed by atoms with Crippen LogP contribution in [0, 0.1) is 5.82 Å². The van der Waals surface area contributed by atoms with E-state index in [2.05, 4.69) is 15.9 Å². The topological polar surface area (TPSA) is 17.1 Å². The standard InChI is InChI=1S/C10H8BrFOS/c11-7-3-6-4-8(12)1-2-9(6)14-10(13)5-7/h1-2,4,7H,3,5H2. The Morgan fingerprint density at radius 3 is 3.00 bits per heavy atom. The fraction of sp³-hybridized carbons (Fsp3) is 0.300. The van der Waals surface area contributed by atoms with E-state index in [1.54, 1.807) is 6.07 Å². The molecule has 2 rings (SSSR count). The van der Waals surface area contributed by atoms with E-state index in [-0.39, 0.29) is 15.8 Å². The lowest BCUT2D eigenvalue weighted by molar-refractivity contribution is -0.110. The van der Waals surface area contributed by atoms with Gasteiger partial charge in [-0.05, 0) is 30.2 Å². The van der Waals surface area contributed by atoms with Crippen LogP contribution >= 0.6 is 27.7 Å². The van der Waals surface area contributed by atoms with Crippen molar-refractivity contribution in [2.75, 3.05) is 0 Å². The Kier molecular flexibility index (Phi) is 2.93. The molecule has 0 saturated carbocycles. The largest absolute Gasteiger partial charge is 0.287 e. The van der Waals surface area contributed by atoms with Gasteiger partial charge in [0, 0.05) is 16.1 Å². The number of benzene rings is 1. The zero-order chi connectivity index (χ0) is 10.1. The van der Waals surface area contributed by atoms with Gasteiger partial charge in [0.15, 0.2) is 5.12 Å². The van der Waals surface area contributed by atoms with E-state index >= 15 is 0 Å². The van der Waals surface area contributed by atoms with Gasteiger partial charge in [-0.2, -0.15) is 0 Å². The van der Waals surface area contributed by atoms with Gasteiger partial charge in [0.1, 0.15) is 5.82 Å². The molecule has 1 atom stereocenters. The van der Waals surface area contributed by atoms with Crippen LogP contribution in [0.3, 0.4) is 0 Å². The summed E-state index contributed by atoms with van der Waals surface area (Å²) < 4.78 is 12.9. The van der Waals surface area contributed by atoms with Crippen LogP contribution in [0.1, 0.15) is 12.0 Å². The first-order valence-corrected chi connectivity index (χ1v) is 6.01. The highest BCUT2D eigenvalue weighted by Crippen LogP contribution is 2.32. The number of fused-ring (bicyclic) bond motifs is 1. The molecule has 0 saturated heterocycles. The molecule has 1 aliphatic heterocycles. The van der Waals surface area contributed by atoms with E-state index in [0.29, 0.717) is 12.8 Å². The first-order chi connectivity index (χ1) is 6.65. The molecule has 1 aromatic carbocycles.